The molecule has 5 heterocycles. The van der Waals surface area contributed by atoms with Crippen LogP contribution in [0.1, 0.15) is 40.9 Å². The molecule has 2 aromatic heterocycles. The van der Waals surface area contributed by atoms with Gasteiger partial charge in [-0.25, -0.2) is 9.97 Å². The molecule has 10 nitrogen and oxygen atoms in total. The molecule has 3 aliphatic rings. The smallest absolute Gasteiger partial charge is 0.298 e. The number of likely N-dealkylation sites (tertiary alicyclic amines) is 1. The molecular weight excluding hydrogens is 590 g/mol. The summed E-state index contributed by atoms with van der Waals surface area (Å²) in [6.45, 7) is 4.19. The van der Waals surface area contributed by atoms with Gasteiger partial charge in [-0.05, 0) is 48.9 Å². The zero-order valence-electron chi connectivity index (χ0n) is 26.3. The summed E-state index contributed by atoms with van der Waals surface area (Å²) < 4.78 is 6.00. The summed E-state index contributed by atoms with van der Waals surface area (Å²) in [5.41, 5.74) is 5.56. The Hall–Kier alpha value is -4.80. The molecule has 8 rings (SSSR count). The Morgan fingerprint density at radius 3 is 2.40 bits per heavy atom. The van der Waals surface area contributed by atoms with Crippen LogP contribution < -0.4 is 10.2 Å². The van der Waals surface area contributed by atoms with Crippen molar-refractivity contribution in [2.24, 2.45) is 0 Å². The van der Waals surface area contributed by atoms with Crippen molar-refractivity contribution in [2.45, 2.75) is 50.4 Å². The summed E-state index contributed by atoms with van der Waals surface area (Å²) >= 11 is 0. The van der Waals surface area contributed by atoms with Gasteiger partial charge >= 0.3 is 0 Å². The molecule has 2 fully saturated rings. The summed E-state index contributed by atoms with van der Waals surface area (Å²) in [5, 5.41) is 14.9. The van der Waals surface area contributed by atoms with E-state index in [4.69, 9.17) is 14.4 Å². The van der Waals surface area contributed by atoms with E-state index in [0.29, 0.717) is 29.9 Å². The minimum absolute atomic E-state index is 0.0237. The molecule has 5 aromatic rings. The number of nitrogens with one attached hydrogen (secondary N) is 1. The first-order chi connectivity index (χ1) is 23.1. The second-order valence-electron chi connectivity index (χ2n) is 12.9. The maximum atomic E-state index is 14.0. The van der Waals surface area contributed by atoms with Crippen molar-refractivity contribution < 1.29 is 14.3 Å². The van der Waals surface area contributed by atoms with Crippen molar-refractivity contribution in [1.29, 1.82) is 0 Å². The van der Waals surface area contributed by atoms with Crippen LogP contribution in [0.25, 0.3) is 22.5 Å². The van der Waals surface area contributed by atoms with Crippen molar-refractivity contribution in [3.05, 3.63) is 102 Å². The van der Waals surface area contributed by atoms with E-state index in [1.54, 1.807) is 11.0 Å². The second-order valence-corrected chi connectivity index (χ2v) is 12.9. The molecule has 240 valence electrons. The van der Waals surface area contributed by atoms with Gasteiger partial charge in [0.05, 0.1) is 6.10 Å². The minimum Gasteiger partial charge on any atom is -0.423 e. The van der Waals surface area contributed by atoms with Gasteiger partial charge < -0.3 is 24.6 Å². The molecule has 2 N–H and O–H groups in total. The van der Waals surface area contributed by atoms with Gasteiger partial charge in [0.1, 0.15) is 17.0 Å². The number of carbonyl (C=O) groups excluding carboxylic acids is 1. The maximum Gasteiger partial charge on any atom is 0.298 e. The molecule has 3 aromatic carbocycles. The summed E-state index contributed by atoms with van der Waals surface area (Å²) in [6.07, 6.45) is 2.81. The standard InChI is InChI=1S/C37H39N7O3/c45-32-24-44(21-17-31(32)43-18-14-25-8-4-5-11-27(25)23-43)36(46)30-22-34(41-35(39-30)26-9-2-1-3-10-26)38-28-15-19-42(20-16-28)37-40-29-12-6-7-13-33(29)47-37/h1-13,22,28,31-32,45H,14-21,23-24H2,(H,38,39,41)/t31-,32-/m1/s1. The van der Waals surface area contributed by atoms with Crippen molar-refractivity contribution >= 4 is 28.8 Å². The fourth-order valence-corrected chi connectivity index (χ4v) is 7.26. The highest BCUT2D eigenvalue weighted by atomic mass is 16.4. The Labute approximate surface area is 274 Å². The van der Waals surface area contributed by atoms with E-state index in [9.17, 15) is 9.90 Å². The largest absolute Gasteiger partial charge is 0.423 e. The number of hydrogen-bond acceptors (Lipinski definition) is 9. The van der Waals surface area contributed by atoms with Gasteiger partial charge in [0.25, 0.3) is 11.9 Å². The van der Waals surface area contributed by atoms with Crippen LogP contribution in [0, 0.1) is 0 Å². The van der Waals surface area contributed by atoms with Crippen LogP contribution in [0.2, 0.25) is 0 Å². The van der Waals surface area contributed by atoms with Gasteiger partial charge in [-0.15, -0.1) is 0 Å². The monoisotopic (exact) mass is 629 g/mol. The number of anilines is 2. The first-order valence-electron chi connectivity index (χ1n) is 16.7. The van der Waals surface area contributed by atoms with E-state index < -0.39 is 6.10 Å². The third-order valence-corrected chi connectivity index (χ3v) is 9.84. The normalized spacial score (nSPS) is 20.7. The number of fused-ring (bicyclic) bond motifs is 2. The molecule has 1 amide bonds. The lowest BCUT2D eigenvalue weighted by Crippen LogP contribution is -2.56. The third-order valence-electron chi connectivity index (χ3n) is 9.84. The number of aromatic nitrogens is 3. The Bertz CT molecular complexity index is 1840. The molecule has 0 aliphatic carbocycles. The van der Waals surface area contributed by atoms with Crippen molar-refractivity contribution in [2.75, 3.05) is 42.9 Å². The quantitative estimate of drug-likeness (QED) is 0.268. The molecule has 0 bridgehead atoms. The Balaban J connectivity index is 0.961. The zero-order valence-corrected chi connectivity index (χ0v) is 26.3. The molecule has 2 atom stereocenters. The Kier molecular flexibility index (Phi) is 8.04. The molecule has 0 unspecified atom stereocenters. The molecule has 0 spiro atoms. The van der Waals surface area contributed by atoms with E-state index >= 15 is 0 Å². The molecule has 0 radical (unpaired) electrons. The van der Waals surface area contributed by atoms with Gasteiger partial charge in [-0.3, -0.25) is 9.69 Å². The number of benzene rings is 3. The lowest BCUT2D eigenvalue weighted by atomic mass is 9.94. The van der Waals surface area contributed by atoms with E-state index in [2.05, 4.69) is 44.4 Å². The van der Waals surface area contributed by atoms with Crippen LogP contribution >= 0.6 is 0 Å². The van der Waals surface area contributed by atoms with Crippen LogP contribution in [0.15, 0.2) is 89.3 Å². The fraction of sp³-hybridized carbons (Fsp3) is 0.351. The number of oxazole rings is 1. The predicted octanol–water partition coefficient (Wildman–Crippen LogP) is 5.00. The highest BCUT2D eigenvalue weighted by Crippen LogP contribution is 2.28. The van der Waals surface area contributed by atoms with Crippen LogP contribution in [-0.2, 0) is 13.0 Å². The van der Waals surface area contributed by atoms with Gasteiger partial charge in [-0.2, -0.15) is 4.98 Å². The number of piperidine rings is 2. The first kappa shape index (κ1) is 29.6. The highest BCUT2D eigenvalue weighted by Gasteiger charge is 2.36. The number of carbonyl (C=O) groups is 1. The minimum atomic E-state index is -0.627. The molecule has 2 saturated heterocycles. The van der Waals surface area contributed by atoms with Crippen LogP contribution in [-0.4, -0.2) is 86.7 Å². The fourth-order valence-electron chi connectivity index (χ4n) is 7.26. The number of rotatable bonds is 6. The number of aliphatic hydroxyl groups excluding tert-OH is 1. The van der Waals surface area contributed by atoms with Crippen molar-refractivity contribution in [1.82, 2.24) is 24.8 Å². The number of hydrogen-bond donors (Lipinski definition) is 2. The second kappa shape index (κ2) is 12.8. The zero-order chi connectivity index (χ0) is 31.7. The van der Waals surface area contributed by atoms with Crippen LogP contribution in [0.3, 0.4) is 0 Å². The Morgan fingerprint density at radius 2 is 1.60 bits per heavy atom. The summed E-state index contributed by atoms with van der Waals surface area (Å²) in [7, 11) is 0. The van der Waals surface area contributed by atoms with Gasteiger partial charge in [0, 0.05) is 63.0 Å². The Morgan fingerprint density at radius 1 is 0.830 bits per heavy atom. The number of nitrogens with zero attached hydrogens (tertiary/aromatic N) is 6. The number of β-amino-alcohol motifs (C(OH)–C–C–N with tert-alkyl or cyclic N) is 1. The third kappa shape index (κ3) is 6.18. The molecule has 47 heavy (non-hydrogen) atoms. The van der Waals surface area contributed by atoms with Gasteiger partial charge in [-0.1, -0.05) is 66.7 Å². The summed E-state index contributed by atoms with van der Waals surface area (Å²) in [6, 6.07) is 28.7. The van der Waals surface area contributed by atoms with Gasteiger partial charge in [0.2, 0.25) is 0 Å². The van der Waals surface area contributed by atoms with Crippen LogP contribution in [0.4, 0.5) is 11.8 Å². The van der Waals surface area contributed by atoms with E-state index in [1.165, 1.54) is 11.1 Å². The summed E-state index contributed by atoms with van der Waals surface area (Å²) in [4.78, 5) is 34.5. The average molecular weight is 630 g/mol. The maximum absolute atomic E-state index is 14.0. The van der Waals surface area contributed by atoms with Gasteiger partial charge in [0.15, 0.2) is 11.4 Å². The average Bonchev–Trinajstić information content (AvgIpc) is 3.56. The van der Waals surface area contributed by atoms with E-state index in [1.807, 2.05) is 54.6 Å². The predicted molar refractivity (Wildman–Crippen MR) is 181 cm³/mol. The highest BCUT2D eigenvalue weighted by molar-refractivity contribution is 5.93. The van der Waals surface area contributed by atoms with E-state index in [0.717, 1.165) is 68.5 Å². The van der Waals surface area contributed by atoms with Crippen molar-refractivity contribution in [3.63, 3.8) is 0 Å². The molecule has 10 heteroatoms. The SMILES string of the molecule is O=C(c1cc(NC2CCN(c3nc4ccccc4o3)CC2)nc(-c2ccccc2)n1)N1CC[C@@H](N2CCc3ccccc3C2)[C@H](O)C1. The lowest BCUT2D eigenvalue weighted by Gasteiger charge is -2.43. The topological polar surface area (TPSA) is 111 Å². The molecule has 0 saturated carbocycles. The van der Waals surface area contributed by atoms with E-state index in [-0.39, 0.29) is 24.5 Å². The molecular formula is C37H39N7O3. The number of aliphatic hydroxyl groups is 1. The van der Waals surface area contributed by atoms with Crippen molar-refractivity contribution in [3.8, 4) is 11.4 Å². The number of para-hydroxylation sites is 2. The lowest BCUT2D eigenvalue weighted by molar-refractivity contribution is -0.0139. The molecule has 3 aliphatic heterocycles. The first-order valence-corrected chi connectivity index (χ1v) is 16.7. The summed E-state index contributed by atoms with van der Waals surface area (Å²) in [5.74, 6) is 0.954. The van der Waals surface area contributed by atoms with Crippen LogP contribution in [0.5, 0.6) is 0 Å². The number of amides is 1.